The molecule has 2 aromatic rings. The molecule has 0 radical (unpaired) electrons. The van der Waals surface area contributed by atoms with E-state index >= 15 is 0 Å². The largest absolute Gasteiger partial charge is 0.312 e. The number of likely N-dealkylation sites (N-methyl/N-ethyl adjacent to an activating group) is 1. The summed E-state index contributed by atoms with van der Waals surface area (Å²) in [5.74, 6) is 0. The average Bonchev–Trinajstić information content (AvgIpc) is 2.77. The molecule has 1 aromatic carbocycles. The minimum Gasteiger partial charge on any atom is -0.312 e. The van der Waals surface area contributed by atoms with Crippen LogP contribution < -0.4 is 5.32 Å². The predicted molar refractivity (Wildman–Crippen MR) is 76.1 cm³/mol. The number of hydrogen-bond acceptors (Lipinski definition) is 4. The van der Waals surface area contributed by atoms with Crippen molar-refractivity contribution in [3.63, 3.8) is 0 Å². The summed E-state index contributed by atoms with van der Waals surface area (Å²) in [6, 6.07) is 6.91. The molecule has 1 unspecified atom stereocenters. The van der Waals surface area contributed by atoms with Gasteiger partial charge in [0, 0.05) is 6.04 Å². The van der Waals surface area contributed by atoms with Crippen molar-refractivity contribution in [2.45, 2.75) is 33.2 Å². The van der Waals surface area contributed by atoms with Gasteiger partial charge in [0.15, 0.2) is 0 Å². The Labute approximate surface area is 112 Å². The molecule has 3 nitrogen and oxygen atoms in total. The lowest BCUT2D eigenvalue weighted by molar-refractivity contribution is 0.596. The van der Waals surface area contributed by atoms with Crippen molar-refractivity contribution < 1.29 is 0 Å². The third-order valence-corrected chi connectivity index (χ3v) is 4.22. The Hall–Kier alpha value is -1.26. The third kappa shape index (κ3) is 2.76. The van der Waals surface area contributed by atoms with Crippen LogP contribution in [0, 0.1) is 20.8 Å². The van der Waals surface area contributed by atoms with Gasteiger partial charge in [0.05, 0.1) is 10.6 Å². The monoisotopic (exact) mass is 261 g/mol. The van der Waals surface area contributed by atoms with Gasteiger partial charge in [-0.1, -0.05) is 28.3 Å². The maximum absolute atomic E-state index is 4.10. The minimum absolute atomic E-state index is 0.297. The number of nitrogens with zero attached hydrogens (tertiary/aromatic N) is 2. The van der Waals surface area contributed by atoms with Crippen LogP contribution in [0.2, 0.25) is 0 Å². The van der Waals surface area contributed by atoms with E-state index in [0.717, 1.165) is 12.1 Å². The standard InChI is InChI=1S/C14H19N3S/c1-9-5-6-10(2)12(7-9)8-13(15-4)14-11(3)16-17-18-14/h5-7,13,15H,8H2,1-4H3. The van der Waals surface area contributed by atoms with Crippen LogP contribution in [0.4, 0.5) is 0 Å². The molecule has 0 fully saturated rings. The number of benzene rings is 1. The molecular formula is C14H19N3S. The second-order valence-corrected chi connectivity index (χ2v) is 5.48. The zero-order chi connectivity index (χ0) is 13.1. The summed E-state index contributed by atoms with van der Waals surface area (Å²) in [5.41, 5.74) is 5.08. The highest BCUT2D eigenvalue weighted by Gasteiger charge is 2.16. The number of aromatic nitrogens is 2. The first-order valence-electron chi connectivity index (χ1n) is 6.14. The van der Waals surface area contributed by atoms with Gasteiger partial charge in [-0.3, -0.25) is 0 Å². The summed E-state index contributed by atoms with van der Waals surface area (Å²) >= 11 is 1.49. The molecule has 96 valence electrons. The Morgan fingerprint density at radius 3 is 2.67 bits per heavy atom. The van der Waals surface area contributed by atoms with Crippen molar-refractivity contribution in [2.24, 2.45) is 0 Å². The molecule has 0 spiro atoms. The summed E-state index contributed by atoms with van der Waals surface area (Å²) in [7, 11) is 1.99. The molecule has 0 bridgehead atoms. The average molecular weight is 261 g/mol. The highest BCUT2D eigenvalue weighted by Crippen LogP contribution is 2.25. The van der Waals surface area contributed by atoms with E-state index in [-0.39, 0.29) is 0 Å². The van der Waals surface area contributed by atoms with Crippen LogP contribution in [0.15, 0.2) is 18.2 Å². The summed E-state index contributed by atoms with van der Waals surface area (Å²) in [4.78, 5) is 1.23. The fourth-order valence-electron chi connectivity index (χ4n) is 2.12. The first kappa shape index (κ1) is 13.2. The number of aryl methyl sites for hydroxylation is 3. The lowest BCUT2D eigenvalue weighted by atomic mass is 9.98. The molecule has 2 rings (SSSR count). The molecule has 1 atom stereocenters. The van der Waals surface area contributed by atoms with E-state index in [4.69, 9.17) is 0 Å². The normalized spacial score (nSPS) is 12.7. The number of nitrogens with one attached hydrogen (secondary N) is 1. The molecular weight excluding hydrogens is 242 g/mol. The summed E-state index contributed by atoms with van der Waals surface area (Å²) < 4.78 is 4.02. The first-order valence-corrected chi connectivity index (χ1v) is 6.91. The van der Waals surface area contributed by atoms with E-state index in [9.17, 15) is 0 Å². The van der Waals surface area contributed by atoms with Crippen molar-refractivity contribution in [3.8, 4) is 0 Å². The fourth-order valence-corrected chi connectivity index (χ4v) is 2.88. The van der Waals surface area contributed by atoms with Gasteiger partial charge in [-0.2, -0.15) is 0 Å². The van der Waals surface area contributed by atoms with Crippen LogP contribution in [0.25, 0.3) is 0 Å². The van der Waals surface area contributed by atoms with Crippen molar-refractivity contribution in [2.75, 3.05) is 7.05 Å². The third-order valence-electron chi connectivity index (χ3n) is 3.28. The Morgan fingerprint density at radius 1 is 1.28 bits per heavy atom. The minimum atomic E-state index is 0.297. The Balaban J connectivity index is 2.26. The second kappa shape index (κ2) is 5.59. The molecule has 0 saturated carbocycles. The summed E-state index contributed by atoms with van der Waals surface area (Å²) in [6.45, 7) is 6.32. The molecule has 18 heavy (non-hydrogen) atoms. The lowest BCUT2D eigenvalue weighted by Crippen LogP contribution is -2.19. The zero-order valence-corrected chi connectivity index (χ0v) is 12.1. The summed E-state index contributed by atoms with van der Waals surface area (Å²) in [6.07, 6.45) is 0.981. The van der Waals surface area contributed by atoms with E-state index in [1.807, 2.05) is 14.0 Å². The first-order chi connectivity index (χ1) is 8.61. The van der Waals surface area contributed by atoms with Gasteiger partial charge >= 0.3 is 0 Å². The SMILES string of the molecule is CNC(Cc1cc(C)ccc1C)c1snnc1C. The van der Waals surface area contributed by atoms with Gasteiger partial charge in [-0.15, -0.1) is 5.10 Å². The van der Waals surface area contributed by atoms with Crippen molar-refractivity contribution in [1.29, 1.82) is 0 Å². The van der Waals surface area contributed by atoms with E-state index < -0.39 is 0 Å². The maximum Gasteiger partial charge on any atom is 0.0772 e. The second-order valence-electron chi connectivity index (χ2n) is 4.70. The van der Waals surface area contributed by atoms with Gasteiger partial charge in [-0.05, 0) is 56.9 Å². The molecule has 4 heteroatoms. The van der Waals surface area contributed by atoms with E-state index in [0.29, 0.717) is 6.04 Å². The quantitative estimate of drug-likeness (QED) is 0.919. The van der Waals surface area contributed by atoms with E-state index in [2.05, 4.69) is 47.0 Å². The predicted octanol–water partition coefficient (Wildman–Crippen LogP) is 2.97. The van der Waals surface area contributed by atoms with Gasteiger partial charge in [-0.25, -0.2) is 0 Å². The molecule has 0 aliphatic carbocycles. The molecule has 0 aliphatic rings. The van der Waals surface area contributed by atoms with Gasteiger partial charge in [0.25, 0.3) is 0 Å². The van der Waals surface area contributed by atoms with Crippen molar-refractivity contribution in [3.05, 3.63) is 45.5 Å². The highest BCUT2D eigenvalue weighted by atomic mass is 32.1. The molecule has 1 N–H and O–H groups in total. The maximum atomic E-state index is 4.10. The smallest absolute Gasteiger partial charge is 0.0772 e. The highest BCUT2D eigenvalue weighted by molar-refractivity contribution is 7.05. The van der Waals surface area contributed by atoms with Crippen LogP contribution in [-0.2, 0) is 6.42 Å². The topological polar surface area (TPSA) is 37.8 Å². The zero-order valence-electron chi connectivity index (χ0n) is 11.3. The molecule has 1 heterocycles. The van der Waals surface area contributed by atoms with Crippen LogP contribution in [0.3, 0.4) is 0 Å². The lowest BCUT2D eigenvalue weighted by Gasteiger charge is -2.16. The summed E-state index contributed by atoms with van der Waals surface area (Å²) in [5, 5.41) is 7.47. The fraction of sp³-hybridized carbons (Fsp3) is 0.429. The van der Waals surface area contributed by atoms with Gasteiger partial charge in [0.1, 0.15) is 0 Å². The van der Waals surface area contributed by atoms with Crippen molar-refractivity contribution in [1.82, 2.24) is 14.9 Å². The Bertz CT molecular complexity index is 534. The van der Waals surface area contributed by atoms with Crippen LogP contribution in [0.5, 0.6) is 0 Å². The van der Waals surface area contributed by atoms with E-state index in [1.54, 1.807) is 0 Å². The van der Waals surface area contributed by atoms with Crippen LogP contribution >= 0.6 is 11.5 Å². The molecule has 0 aliphatic heterocycles. The molecule has 1 aromatic heterocycles. The van der Waals surface area contributed by atoms with Crippen molar-refractivity contribution >= 4 is 11.5 Å². The number of rotatable bonds is 4. The van der Waals surface area contributed by atoms with Crippen LogP contribution in [-0.4, -0.2) is 16.6 Å². The molecule has 0 saturated heterocycles. The Morgan fingerprint density at radius 2 is 2.06 bits per heavy atom. The van der Waals surface area contributed by atoms with E-state index in [1.165, 1.54) is 33.1 Å². The molecule has 0 amide bonds. The van der Waals surface area contributed by atoms with Gasteiger partial charge < -0.3 is 5.32 Å². The van der Waals surface area contributed by atoms with Gasteiger partial charge in [0.2, 0.25) is 0 Å². The van der Waals surface area contributed by atoms with Crippen LogP contribution in [0.1, 0.15) is 33.3 Å². The Kier molecular flexibility index (Phi) is 4.09. The number of hydrogen-bond donors (Lipinski definition) is 1.